The van der Waals surface area contributed by atoms with Crippen molar-refractivity contribution in [1.29, 1.82) is 0 Å². The van der Waals surface area contributed by atoms with Crippen LogP contribution < -0.4 is 5.32 Å². The van der Waals surface area contributed by atoms with Crippen molar-refractivity contribution in [3.05, 3.63) is 70.5 Å². The molecule has 4 aliphatic rings. The first kappa shape index (κ1) is 20.5. The Morgan fingerprint density at radius 2 is 1.67 bits per heavy atom. The van der Waals surface area contributed by atoms with E-state index < -0.39 is 0 Å². The van der Waals surface area contributed by atoms with E-state index in [1.807, 2.05) is 12.1 Å². The van der Waals surface area contributed by atoms with Gasteiger partial charge in [-0.1, -0.05) is 41.9 Å². The fourth-order valence-electron chi connectivity index (χ4n) is 7.64. The van der Waals surface area contributed by atoms with Crippen molar-refractivity contribution in [2.75, 3.05) is 0 Å². The van der Waals surface area contributed by atoms with Gasteiger partial charge in [0.25, 0.3) is 0 Å². The smallest absolute Gasteiger partial charge is 0.126 e. The van der Waals surface area contributed by atoms with Crippen molar-refractivity contribution in [2.24, 2.45) is 17.3 Å². The predicted octanol–water partition coefficient (Wildman–Crippen LogP) is 6.93. The molecule has 160 valence electrons. The normalized spacial score (nSPS) is 34.1. The number of rotatable bonds is 6. The number of halogens is 2. The summed E-state index contributed by atoms with van der Waals surface area (Å²) >= 11 is 6.20. The summed E-state index contributed by atoms with van der Waals surface area (Å²) in [6, 6.07) is 16.6. The van der Waals surface area contributed by atoms with Crippen LogP contribution >= 0.6 is 11.6 Å². The van der Waals surface area contributed by atoms with Gasteiger partial charge < -0.3 is 5.32 Å². The third kappa shape index (κ3) is 3.60. The fraction of sp³-hybridized carbons (Fsp3) is 0.556. The van der Waals surface area contributed by atoms with E-state index >= 15 is 0 Å². The van der Waals surface area contributed by atoms with Crippen LogP contribution in [0.1, 0.15) is 63.5 Å². The molecule has 4 saturated carbocycles. The lowest BCUT2D eigenvalue weighted by molar-refractivity contribution is -0.0893. The highest BCUT2D eigenvalue weighted by Crippen LogP contribution is 2.66. The van der Waals surface area contributed by atoms with Crippen molar-refractivity contribution in [1.82, 2.24) is 5.32 Å². The molecule has 0 saturated heterocycles. The Bertz CT molecular complexity index is 893. The maximum absolute atomic E-state index is 14.1. The van der Waals surface area contributed by atoms with Crippen LogP contribution in [0.25, 0.3) is 0 Å². The minimum Gasteiger partial charge on any atom is -0.311 e. The molecule has 30 heavy (non-hydrogen) atoms. The Balaban J connectivity index is 1.36. The predicted molar refractivity (Wildman–Crippen MR) is 122 cm³/mol. The molecule has 0 aliphatic heterocycles. The molecule has 0 amide bonds. The van der Waals surface area contributed by atoms with Gasteiger partial charge in [0.1, 0.15) is 5.82 Å². The van der Waals surface area contributed by atoms with Gasteiger partial charge in [0.05, 0.1) is 0 Å². The second-order valence-corrected chi connectivity index (χ2v) is 11.1. The van der Waals surface area contributed by atoms with Crippen LogP contribution in [0, 0.1) is 23.1 Å². The van der Waals surface area contributed by atoms with Crippen molar-refractivity contribution in [3.8, 4) is 0 Å². The molecule has 4 bridgehead atoms. The van der Waals surface area contributed by atoms with Crippen LogP contribution in [-0.2, 0) is 11.8 Å². The van der Waals surface area contributed by atoms with E-state index in [0.717, 1.165) is 28.8 Å². The number of benzene rings is 2. The molecule has 3 heteroatoms. The minimum absolute atomic E-state index is 0.0877. The average Bonchev–Trinajstić information content (AvgIpc) is 2.69. The molecule has 4 atom stereocenters. The Morgan fingerprint density at radius 3 is 2.33 bits per heavy atom. The Morgan fingerprint density at radius 1 is 1.00 bits per heavy atom. The SMILES string of the molecule is C[C@H](Cc1ccccc1F)N[C@@H](C)C12C[C@H]3C[C@@H](CC(c4ccc(Cl)cc4)(C3)C1)C2. The molecular weight excluding hydrogens is 393 g/mol. The van der Waals surface area contributed by atoms with Crippen molar-refractivity contribution < 1.29 is 4.39 Å². The maximum atomic E-state index is 14.1. The Labute approximate surface area is 185 Å². The van der Waals surface area contributed by atoms with Gasteiger partial charge in [0.2, 0.25) is 0 Å². The van der Waals surface area contributed by atoms with Gasteiger partial charge in [0, 0.05) is 17.1 Å². The molecule has 1 N–H and O–H groups in total. The largest absolute Gasteiger partial charge is 0.311 e. The molecule has 1 nitrogen and oxygen atoms in total. The lowest BCUT2D eigenvalue weighted by Gasteiger charge is -2.64. The van der Waals surface area contributed by atoms with E-state index in [0.29, 0.717) is 16.9 Å². The van der Waals surface area contributed by atoms with E-state index in [1.54, 1.807) is 12.1 Å². The average molecular weight is 426 g/mol. The summed E-state index contributed by atoms with van der Waals surface area (Å²) in [6.45, 7) is 4.60. The van der Waals surface area contributed by atoms with Crippen LogP contribution in [0.4, 0.5) is 4.39 Å². The minimum atomic E-state index is -0.0877. The number of hydrogen-bond acceptors (Lipinski definition) is 1. The van der Waals surface area contributed by atoms with Gasteiger partial charge in [-0.05, 0) is 111 Å². The summed E-state index contributed by atoms with van der Waals surface area (Å²) in [4.78, 5) is 0. The monoisotopic (exact) mass is 425 g/mol. The highest BCUT2D eigenvalue weighted by Gasteiger charge is 2.59. The topological polar surface area (TPSA) is 12.0 Å². The van der Waals surface area contributed by atoms with Crippen molar-refractivity contribution >= 4 is 11.6 Å². The molecule has 0 unspecified atom stereocenters. The molecule has 0 radical (unpaired) electrons. The summed E-state index contributed by atoms with van der Waals surface area (Å²) in [5, 5.41) is 4.73. The maximum Gasteiger partial charge on any atom is 0.126 e. The van der Waals surface area contributed by atoms with Gasteiger partial charge in [-0.3, -0.25) is 0 Å². The van der Waals surface area contributed by atoms with E-state index in [9.17, 15) is 4.39 Å². The zero-order chi connectivity index (χ0) is 20.9. The Kier molecular flexibility index (Phi) is 5.22. The van der Waals surface area contributed by atoms with Gasteiger partial charge in [0.15, 0.2) is 0 Å². The molecule has 2 aromatic rings. The lowest BCUT2D eigenvalue weighted by atomic mass is 9.41. The molecule has 4 fully saturated rings. The highest BCUT2D eigenvalue weighted by molar-refractivity contribution is 6.30. The van der Waals surface area contributed by atoms with E-state index in [-0.39, 0.29) is 11.9 Å². The number of hydrogen-bond donors (Lipinski definition) is 1. The van der Waals surface area contributed by atoms with Crippen molar-refractivity contribution in [2.45, 2.75) is 76.3 Å². The summed E-state index contributed by atoms with van der Waals surface area (Å²) in [5.41, 5.74) is 2.98. The first-order chi connectivity index (χ1) is 14.4. The summed E-state index contributed by atoms with van der Waals surface area (Å²) in [5.74, 6) is 1.59. The summed E-state index contributed by atoms with van der Waals surface area (Å²) in [7, 11) is 0. The first-order valence-electron chi connectivity index (χ1n) is 11.6. The molecule has 6 rings (SSSR count). The van der Waals surface area contributed by atoms with Crippen LogP contribution in [0.5, 0.6) is 0 Å². The van der Waals surface area contributed by atoms with Crippen LogP contribution in [0.3, 0.4) is 0 Å². The van der Waals surface area contributed by atoms with E-state index in [1.165, 1.54) is 44.1 Å². The van der Waals surface area contributed by atoms with Gasteiger partial charge in [-0.25, -0.2) is 4.39 Å². The zero-order valence-electron chi connectivity index (χ0n) is 18.1. The quantitative estimate of drug-likeness (QED) is 0.529. The first-order valence-corrected chi connectivity index (χ1v) is 12.0. The van der Waals surface area contributed by atoms with Gasteiger partial charge in [-0.15, -0.1) is 0 Å². The van der Waals surface area contributed by atoms with Crippen molar-refractivity contribution in [3.63, 3.8) is 0 Å². The molecule has 0 spiro atoms. The molecular formula is C27H33ClFN. The fourth-order valence-corrected chi connectivity index (χ4v) is 7.76. The van der Waals surface area contributed by atoms with Gasteiger partial charge in [-0.2, -0.15) is 0 Å². The zero-order valence-corrected chi connectivity index (χ0v) is 18.9. The van der Waals surface area contributed by atoms with Gasteiger partial charge >= 0.3 is 0 Å². The molecule has 4 aliphatic carbocycles. The van der Waals surface area contributed by atoms with Crippen LogP contribution in [0.2, 0.25) is 5.02 Å². The van der Waals surface area contributed by atoms with E-state index in [4.69, 9.17) is 11.6 Å². The van der Waals surface area contributed by atoms with E-state index in [2.05, 4.69) is 43.4 Å². The Hall–Kier alpha value is -1.38. The third-order valence-corrected chi connectivity index (χ3v) is 8.75. The third-order valence-electron chi connectivity index (χ3n) is 8.50. The standard InChI is InChI=1S/C27H33ClFN/c1-18(11-22-5-3-4-6-25(22)29)30-19(2)26-13-20-12-21(14-26)16-27(15-20,17-26)23-7-9-24(28)10-8-23/h3-10,18-21,30H,11-17H2,1-2H3/t18-,19+,20-,21-,26?,27?/m1/s1. The van der Waals surface area contributed by atoms with Crippen LogP contribution in [-0.4, -0.2) is 12.1 Å². The lowest BCUT2D eigenvalue weighted by Crippen LogP contribution is -2.60. The highest BCUT2D eigenvalue weighted by atomic mass is 35.5. The van der Waals surface area contributed by atoms with Crippen LogP contribution in [0.15, 0.2) is 48.5 Å². The molecule has 0 heterocycles. The number of nitrogens with one attached hydrogen (secondary N) is 1. The summed E-state index contributed by atoms with van der Waals surface area (Å²) < 4.78 is 14.1. The second kappa shape index (κ2) is 7.64. The molecule has 0 aromatic heterocycles. The second-order valence-electron chi connectivity index (χ2n) is 10.7. The summed E-state index contributed by atoms with van der Waals surface area (Å²) in [6.07, 6.45) is 8.79. The molecule has 2 aromatic carbocycles.